The van der Waals surface area contributed by atoms with Crippen LogP contribution in [0.4, 0.5) is 0 Å². The fraction of sp³-hybridized carbons (Fsp3) is 0.0105. The van der Waals surface area contributed by atoms with E-state index in [1.165, 1.54) is 27.5 Å². The van der Waals surface area contributed by atoms with Gasteiger partial charge in [-0.15, -0.1) is 11.3 Å². The number of pyridine rings is 6. The summed E-state index contributed by atoms with van der Waals surface area (Å²) in [5.41, 5.74) is 15.9. The Morgan fingerprint density at radius 1 is 0.256 bits per heavy atom. The molecule has 0 spiro atoms. The molecule has 550 valence electrons. The van der Waals surface area contributed by atoms with Gasteiger partial charge in [0.05, 0.1) is 43.7 Å². The normalized spacial score (nSPS) is 11.5. The van der Waals surface area contributed by atoms with Crippen LogP contribution in [-0.4, -0.2) is 89.7 Å². The summed E-state index contributed by atoms with van der Waals surface area (Å²) in [7, 11) is 0. The summed E-state index contributed by atoms with van der Waals surface area (Å²) in [6.07, 6.45) is 16.1. The molecular weight excluding hydrogens is 1490 g/mol. The second-order valence-electron chi connectivity index (χ2n) is 27.5. The molecule has 20 nitrogen and oxygen atoms in total. The SMILES string of the molecule is Cc1nc(-c2ccc(-c3nc4ccccc4o3)nc2)nc2c1ccc1ccccc12.c1ccc2c(c1)ccc1cnc(-c3ccnc(-c4nc5ccccc5s4)c3)nc12.c1ccc2c(c1)ccc1cnc(-c3ccnc(-c4nc5cccnc5o4)c3)nc12.c1ccc2c(c1)ccc1cnc(-c3ccnc(-c4nc5cccnc5s4)c3)nc12. The lowest BCUT2D eigenvalue weighted by atomic mass is 10.1. The van der Waals surface area contributed by atoms with Crippen LogP contribution in [0.2, 0.25) is 0 Å². The van der Waals surface area contributed by atoms with Crippen LogP contribution in [-0.2, 0) is 0 Å². The van der Waals surface area contributed by atoms with Crippen molar-refractivity contribution < 1.29 is 8.83 Å². The largest absolute Gasteiger partial charge is 0.435 e. The third-order valence-electron chi connectivity index (χ3n) is 20.1. The average molecular weight is 1550 g/mol. The summed E-state index contributed by atoms with van der Waals surface area (Å²) >= 11 is 3.18. The first-order valence-electron chi connectivity index (χ1n) is 37.4. The summed E-state index contributed by atoms with van der Waals surface area (Å²) in [5.74, 6) is 3.59. The number of fused-ring (bicyclic) bond motifs is 16. The van der Waals surface area contributed by atoms with E-state index in [0.717, 1.165) is 152 Å². The van der Waals surface area contributed by atoms with Gasteiger partial charge in [0.15, 0.2) is 28.9 Å². The molecule has 0 saturated heterocycles. The number of hydrogen-bond donors (Lipinski definition) is 0. The Hall–Kier alpha value is -15.8. The van der Waals surface area contributed by atoms with Gasteiger partial charge in [-0.25, -0.2) is 69.8 Å². The van der Waals surface area contributed by atoms with Crippen molar-refractivity contribution in [3.05, 3.63) is 328 Å². The van der Waals surface area contributed by atoms with Crippen LogP contribution in [0.3, 0.4) is 0 Å². The minimum atomic E-state index is 0.423. The molecule has 0 atom stereocenters. The zero-order valence-electron chi connectivity index (χ0n) is 61.8. The van der Waals surface area contributed by atoms with Crippen molar-refractivity contribution in [2.24, 2.45) is 0 Å². The molecule has 24 aromatic rings. The van der Waals surface area contributed by atoms with Crippen molar-refractivity contribution in [1.29, 1.82) is 0 Å². The molecule has 0 bridgehead atoms. The van der Waals surface area contributed by atoms with Gasteiger partial charge < -0.3 is 8.83 Å². The maximum atomic E-state index is 5.82. The van der Waals surface area contributed by atoms with E-state index in [-0.39, 0.29) is 0 Å². The monoisotopic (exact) mass is 1540 g/mol. The average Bonchev–Trinajstić information content (AvgIpc) is 1.65. The second kappa shape index (κ2) is 29.7. The van der Waals surface area contributed by atoms with E-state index < -0.39 is 0 Å². The van der Waals surface area contributed by atoms with Gasteiger partial charge in [0.25, 0.3) is 0 Å². The highest BCUT2D eigenvalue weighted by Gasteiger charge is 2.19. The minimum absolute atomic E-state index is 0.423. The van der Waals surface area contributed by atoms with Crippen molar-refractivity contribution in [3.8, 4) is 90.1 Å². The highest BCUT2D eigenvalue weighted by molar-refractivity contribution is 7.21. The van der Waals surface area contributed by atoms with Crippen molar-refractivity contribution in [2.75, 3.05) is 0 Å². The number of nitrogens with zero attached hydrogens (tertiary/aromatic N) is 18. The van der Waals surface area contributed by atoms with Crippen LogP contribution in [0.25, 0.3) is 220 Å². The number of hydrogen-bond acceptors (Lipinski definition) is 22. The minimum Gasteiger partial charge on any atom is -0.435 e. The van der Waals surface area contributed by atoms with Gasteiger partial charge in [-0.3, -0.25) is 19.9 Å². The van der Waals surface area contributed by atoms with Crippen molar-refractivity contribution >= 4 is 152 Å². The molecule has 0 amide bonds. The van der Waals surface area contributed by atoms with Gasteiger partial charge in [-0.05, 0) is 126 Å². The molecule has 14 aromatic heterocycles. The van der Waals surface area contributed by atoms with Crippen LogP contribution in [0, 0.1) is 6.92 Å². The van der Waals surface area contributed by atoms with E-state index in [1.807, 2.05) is 195 Å². The van der Waals surface area contributed by atoms with Crippen LogP contribution >= 0.6 is 22.7 Å². The van der Waals surface area contributed by atoms with E-state index in [2.05, 4.69) is 157 Å². The molecule has 0 unspecified atom stereocenters. The smallest absolute Gasteiger partial charge is 0.248 e. The van der Waals surface area contributed by atoms with Gasteiger partial charge in [-0.1, -0.05) is 181 Å². The third-order valence-corrected chi connectivity index (χ3v) is 22.1. The summed E-state index contributed by atoms with van der Waals surface area (Å²) in [6.45, 7) is 2.02. The first kappa shape index (κ1) is 69.2. The van der Waals surface area contributed by atoms with Crippen LogP contribution in [0.1, 0.15) is 5.69 Å². The molecular formula is C95H56N18O2S2. The second-order valence-corrected chi connectivity index (χ2v) is 29.5. The van der Waals surface area contributed by atoms with E-state index in [1.54, 1.807) is 48.5 Å². The Morgan fingerprint density at radius 3 is 1.28 bits per heavy atom. The Balaban J connectivity index is 0.0000000972. The van der Waals surface area contributed by atoms with Gasteiger partial charge in [0.1, 0.15) is 42.8 Å². The number of aryl methyl sites for hydroxylation is 1. The number of benzene rings is 10. The number of thiazole rings is 2. The molecule has 0 saturated carbocycles. The van der Waals surface area contributed by atoms with Crippen molar-refractivity contribution in [1.82, 2.24) is 89.7 Å². The van der Waals surface area contributed by atoms with Crippen LogP contribution < -0.4 is 0 Å². The molecule has 0 radical (unpaired) electrons. The third kappa shape index (κ3) is 13.5. The first-order chi connectivity index (χ1) is 57.8. The molecule has 0 aliphatic heterocycles. The van der Waals surface area contributed by atoms with Crippen LogP contribution in [0.15, 0.2) is 332 Å². The van der Waals surface area contributed by atoms with E-state index in [0.29, 0.717) is 57.7 Å². The lowest BCUT2D eigenvalue weighted by Crippen LogP contribution is -1.96. The molecule has 10 aromatic carbocycles. The predicted octanol–water partition coefficient (Wildman–Crippen LogP) is 22.6. The lowest BCUT2D eigenvalue weighted by molar-refractivity contribution is 0.605. The number of oxazole rings is 2. The Labute approximate surface area is 671 Å². The summed E-state index contributed by atoms with van der Waals surface area (Å²) in [6, 6.07) is 88.6. The van der Waals surface area contributed by atoms with Crippen molar-refractivity contribution in [3.63, 3.8) is 0 Å². The standard InChI is InChI=1S/C25H16N4O.C24H14N4S.C23H13N5O.C23H13N5S/c1-15-18-12-10-16-6-2-3-7-19(16)23(18)29-24(27-15)17-11-13-21(26-14-17)25-28-20-8-4-5-9-22(20)30-25;1-2-6-18-15(5-1)9-10-17-14-26-23(28-22(17)18)16-11-12-25-20(13-16)24-27-19-7-3-4-8-21(19)29-24;2*1-2-5-17-14(4-1)7-8-16-13-26-21(28-20(16)17)15-9-11-24-19(12-15)23-27-18-6-3-10-25-22(18)29-23/h2-14H,1H3;1-14H;2*1-13H. The number of para-hydroxylation sites is 3. The molecule has 117 heavy (non-hydrogen) atoms. The van der Waals surface area contributed by atoms with Gasteiger partial charge in [-0.2, -0.15) is 0 Å². The Bertz CT molecular complexity index is 7310. The topological polar surface area (TPSA) is 258 Å². The predicted molar refractivity (Wildman–Crippen MR) is 465 cm³/mol. The van der Waals surface area contributed by atoms with Crippen LogP contribution in [0.5, 0.6) is 0 Å². The fourth-order valence-corrected chi connectivity index (χ4v) is 16.1. The molecule has 0 aliphatic rings. The van der Waals surface area contributed by atoms with Gasteiger partial charge in [0, 0.05) is 127 Å². The molecule has 0 aliphatic carbocycles. The highest BCUT2D eigenvalue weighted by atomic mass is 32.1. The Kier molecular flexibility index (Phi) is 17.6. The summed E-state index contributed by atoms with van der Waals surface area (Å²) < 4.78 is 12.7. The first-order valence-corrected chi connectivity index (χ1v) is 39.1. The van der Waals surface area contributed by atoms with E-state index in [4.69, 9.17) is 38.7 Å². The summed E-state index contributed by atoms with van der Waals surface area (Å²) in [4.78, 5) is 83.8. The Morgan fingerprint density at radius 2 is 0.718 bits per heavy atom. The maximum absolute atomic E-state index is 5.82. The molecule has 14 heterocycles. The number of aromatic nitrogens is 18. The quantitative estimate of drug-likeness (QED) is 0.128. The van der Waals surface area contributed by atoms with Gasteiger partial charge in [0.2, 0.25) is 17.5 Å². The van der Waals surface area contributed by atoms with Crippen molar-refractivity contribution in [2.45, 2.75) is 6.92 Å². The highest BCUT2D eigenvalue weighted by Crippen LogP contribution is 2.37. The van der Waals surface area contributed by atoms with E-state index >= 15 is 0 Å². The van der Waals surface area contributed by atoms with E-state index in [9.17, 15) is 0 Å². The lowest BCUT2D eigenvalue weighted by Gasteiger charge is -2.08. The summed E-state index contributed by atoms with van der Waals surface area (Å²) in [5, 5.41) is 15.0. The maximum Gasteiger partial charge on any atom is 0.248 e. The fourth-order valence-electron chi connectivity index (χ4n) is 14.3. The molecule has 0 fully saturated rings. The zero-order valence-corrected chi connectivity index (χ0v) is 63.4. The van der Waals surface area contributed by atoms with Gasteiger partial charge >= 0.3 is 0 Å². The molecule has 22 heteroatoms. The molecule has 24 rings (SSSR count). The zero-order chi connectivity index (χ0) is 77.7. The molecule has 0 N–H and O–H groups in total. The number of rotatable bonds is 8.